The summed E-state index contributed by atoms with van der Waals surface area (Å²) in [6.07, 6.45) is 9.02. The summed E-state index contributed by atoms with van der Waals surface area (Å²) in [4.78, 5) is 4.06. The molecule has 1 aromatic heterocycles. The van der Waals surface area contributed by atoms with Gasteiger partial charge in [0.25, 0.3) is 0 Å². The standard InChI is InChI=1S/C16H26N2O3S/c1-21-11-10-18(13-16-8-5-9-17-12-16)22(19,20)14-15-6-3-2-4-7-15/h5,8-9,12,15H,2-4,6-7,10-11,13-14H2,1H3. The van der Waals surface area contributed by atoms with Gasteiger partial charge in [0, 0.05) is 32.6 Å². The number of sulfonamides is 1. The first-order chi connectivity index (χ1) is 10.6. The maximum absolute atomic E-state index is 12.8. The molecule has 0 aromatic carbocycles. The Morgan fingerprint density at radius 2 is 2.09 bits per heavy atom. The monoisotopic (exact) mass is 326 g/mol. The van der Waals surface area contributed by atoms with Crippen LogP contribution in [0.5, 0.6) is 0 Å². The van der Waals surface area contributed by atoms with Gasteiger partial charge in [0.15, 0.2) is 0 Å². The number of hydrogen-bond donors (Lipinski definition) is 0. The fourth-order valence-corrected chi connectivity index (χ4v) is 4.80. The Kier molecular flexibility index (Phi) is 6.79. The van der Waals surface area contributed by atoms with Crippen LogP contribution in [0.1, 0.15) is 37.7 Å². The molecule has 6 heteroatoms. The summed E-state index contributed by atoms with van der Waals surface area (Å²) in [7, 11) is -1.67. The number of nitrogens with zero attached hydrogens (tertiary/aromatic N) is 2. The van der Waals surface area contributed by atoms with E-state index in [2.05, 4.69) is 4.98 Å². The molecule has 1 saturated carbocycles. The molecular formula is C16H26N2O3S. The highest BCUT2D eigenvalue weighted by molar-refractivity contribution is 7.89. The number of rotatable bonds is 8. The number of ether oxygens (including phenoxy) is 1. The molecule has 1 aliphatic rings. The molecule has 5 nitrogen and oxygen atoms in total. The third-order valence-corrected chi connectivity index (χ3v) is 6.18. The lowest BCUT2D eigenvalue weighted by Gasteiger charge is -2.27. The summed E-state index contributed by atoms with van der Waals surface area (Å²) in [5.41, 5.74) is 0.908. The number of aromatic nitrogens is 1. The van der Waals surface area contributed by atoms with Crippen molar-refractivity contribution in [3.63, 3.8) is 0 Å². The number of hydrogen-bond acceptors (Lipinski definition) is 4. The van der Waals surface area contributed by atoms with Crippen LogP contribution < -0.4 is 0 Å². The van der Waals surface area contributed by atoms with Gasteiger partial charge in [0.05, 0.1) is 12.4 Å². The summed E-state index contributed by atoms with van der Waals surface area (Å²) in [5, 5.41) is 0. The average molecular weight is 326 g/mol. The second-order valence-corrected chi connectivity index (χ2v) is 7.98. The average Bonchev–Trinajstić information content (AvgIpc) is 2.53. The first-order valence-electron chi connectivity index (χ1n) is 7.97. The van der Waals surface area contributed by atoms with Crippen LogP contribution in [0.4, 0.5) is 0 Å². The van der Waals surface area contributed by atoms with E-state index in [1.54, 1.807) is 23.8 Å². The van der Waals surface area contributed by atoms with E-state index in [0.717, 1.165) is 31.2 Å². The minimum Gasteiger partial charge on any atom is -0.383 e. The molecule has 0 aliphatic heterocycles. The normalized spacial score (nSPS) is 17.0. The Morgan fingerprint density at radius 3 is 2.73 bits per heavy atom. The fourth-order valence-electron chi connectivity index (χ4n) is 2.96. The Bertz CT molecular complexity index is 528. The zero-order valence-electron chi connectivity index (χ0n) is 13.3. The van der Waals surface area contributed by atoms with Crippen molar-refractivity contribution in [3.8, 4) is 0 Å². The van der Waals surface area contributed by atoms with Crippen LogP contribution in [-0.4, -0.2) is 43.7 Å². The second-order valence-electron chi connectivity index (χ2n) is 5.97. The molecule has 0 amide bonds. The lowest BCUT2D eigenvalue weighted by Crippen LogP contribution is -2.37. The van der Waals surface area contributed by atoms with Gasteiger partial charge in [0.2, 0.25) is 10.0 Å². The van der Waals surface area contributed by atoms with Gasteiger partial charge in [-0.3, -0.25) is 4.98 Å². The van der Waals surface area contributed by atoms with Gasteiger partial charge in [-0.2, -0.15) is 4.31 Å². The van der Waals surface area contributed by atoms with Gasteiger partial charge >= 0.3 is 0 Å². The van der Waals surface area contributed by atoms with E-state index in [1.165, 1.54) is 6.42 Å². The van der Waals surface area contributed by atoms with E-state index >= 15 is 0 Å². The van der Waals surface area contributed by atoms with E-state index in [1.807, 2.05) is 12.1 Å². The highest BCUT2D eigenvalue weighted by Gasteiger charge is 2.27. The second kappa shape index (κ2) is 8.60. The zero-order valence-corrected chi connectivity index (χ0v) is 14.1. The third-order valence-electron chi connectivity index (χ3n) is 4.19. The first-order valence-corrected chi connectivity index (χ1v) is 9.58. The molecule has 0 radical (unpaired) electrons. The van der Waals surface area contributed by atoms with Crippen LogP contribution in [0.3, 0.4) is 0 Å². The van der Waals surface area contributed by atoms with Gasteiger partial charge in [-0.15, -0.1) is 0 Å². The van der Waals surface area contributed by atoms with Gasteiger partial charge < -0.3 is 4.74 Å². The Hall–Kier alpha value is -0.980. The maximum atomic E-state index is 12.8. The van der Waals surface area contributed by atoms with Crippen LogP contribution in [-0.2, 0) is 21.3 Å². The van der Waals surface area contributed by atoms with E-state index in [9.17, 15) is 8.42 Å². The van der Waals surface area contributed by atoms with Crippen LogP contribution >= 0.6 is 0 Å². The summed E-state index contributed by atoms with van der Waals surface area (Å²) in [6, 6.07) is 3.74. The number of pyridine rings is 1. The van der Waals surface area contributed by atoms with Gasteiger partial charge in [-0.05, 0) is 30.4 Å². The van der Waals surface area contributed by atoms with Crippen molar-refractivity contribution in [2.24, 2.45) is 5.92 Å². The minimum atomic E-state index is -3.27. The van der Waals surface area contributed by atoms with Gasteiger partial charge in [-0.25, -0.2) is 8.42 Å². The maximum Gasteiger partial charge on any atom is 0.214 e. The predicted molar refractivity (Wildman–Crippen MR) is 86.9 cm³/mol. The topological polar surface area (TPSA) is 59.5 Å². The smallest absolute Gasteiger partial charge is 0.214 e. The Morgan fingerprint density at radius 1 is 1.32 bits per heavy atom. The molecule has 1 aromatic rings. The molecule has 0 unspecified atom stereocenters. The highest BCUT2D eigenvalue weighted by atomic mass is 32.2. The van der Waals surface area contributed by atoms with E-state index in [0.29, 0.717) is 25.6 Å². The molecule has 22 heavy (non-hydrogen) atoms. The fraction of sp³-hybridized carbons (Fsp3) is 0.688. The summed E-state index contributed by atoms with van der Waals surface area (Å²) < 4.78 is 32.1. The molecule has 0 N–H and O–H groups in total. The molecule has 0 spiro atoms. The van der Waals surface area contributed by atoms with Crippen LogP contribution in [0.25, 0.3) is 0 Å². The van der Waals surface area contributed by atoms with Gasteiger partial charge in [0.1, 0.15) is 0 Å². The van der Waals surface area contributed by atoms with Crippen molar-refractivity contribution in [2.75, 3.05) is 26.0 Å². The van der Waals surface area contributed by atoms with Crippen molar-refractivity contribution < 1.29 is 13.2 Å². The lowest BCUT2D eigenvalue weighted by atomic mass is 9.91. The zero-order chi connectivity index (χ0) is 15.8. The quantitative estimate of drug-likeness (QED) is 0.736. The predicted octanol–water partition coefficient (Wildman–Crippen LogP) is 2.44. The molecule has 1 aliphatic carbocycles. The first kappa shape index (κ1) is 17.4. The largest absolute Gasteiger partial charge is 0.383 e. The van der Waals surface area contributed by atoms with Crippen molar-refractivity contribution in [1.29, 1.82) is 0 Å². The molecule has 0 saturated heterocycles. The molecule has 0 atom stereocenters. The van der Waals surface area contributed by atoms with Crippen LogP contribution in [0.15, 0.2) is 24.5 Å². The summed E-state index contributed by atoms with van der Waals surface area (Å²) >= 11 is 0. The molecule has 2 rings (SSSR count). The van der Waals surface area contributed by atoms with Crippen LogP contribution in [0, 0.1) is 5.92 Å². The third kappa shape index (κ3) is 5.34. The van der Waals surface area contributed by atoms with Crippen molar-refractivity contribution in [1.82, 2.24) is 9.29 Å². The Balaban J connectivity index is 2.05. The van der Waals surface area contributed by atoms with Crippen molar-refractivity contribution in [2.45, 2.75) is 38.6 Å². The molecule has 1 heterocycles. The van der Waals surface area contributed by atoms with E-state index in [-0.39, 0.29) is 5.75 Å². The number of methoxy groups -OCH3 is 1. The Labute approximate surface area is 133 Å². The SMILES string of the molecule is COCCN(Cc1cccnc1)S(=O)(=O)CC1CCCCC1. The van der Waals surface area contributed by atoms with E-state index < -0.39 is 10.0 Å². The summed E-state index contributed by atoms with van der Waals surface area (Å²) in [6.45, 7) is 1.16. The van der Waals surface area contributed by atoms with E-state index in [4.69, 9.17) is 4.74 Å². The van der Waals surface area contributed by atoms with Crippen LogP contribution in [0.2, 0.25) is 0 Å². The summed E-state index contributed by atoms with van der Waals surface area (Å²) in [5.74, 6) is 0.564. The minimum absolute atomic E-state index is 0.261. The van der Waals surface area contributed by atoms with Gasteiger partial charge in [-0.1, -0.05) is 25.3 Å². The van der Waals surface area contributed by atoms with Crippen molar-refractivity contribution >= 4 is 10.0 Å². The molecule has 124 valence electrons. The molecule has 0 bridgehead atoms. The molecule has 1 fully saturated rings. The highest BCUT2D eigenvalue weighted by Crippen LogP contribution is 2.26. The lowest BCUT2D eigenvalue weighted by molar-refractivity contribution is 0.177. The molecular weight excluding hydrogens is 300 g/mol. The van der Waals surface area contributed by atoms with Crippen molar-refractivity contribution in [3.05, 3.63) is 30.1 Å².